The van der Waals surface area contributed by atoms with Gasteiger partial charge in [0.05, 0.1) is 12.7 Å². The van der Waals surface area contributed by atoms with Crippen LogP contribution in [0.2, 0.25) is 0 Å². The number of aldehydes is 1. The van der Waals surface area contributed by atoms with E-state index in [0.29, 0.717) is 18.9 Å². The number of hydrogen-bond donors (Lipinski definition) is 2. The van der Waals surface area contributed by atoms with Gasteiger partial charge >= 0.3 is 0 Å². The largest absolute Gasteiger partial charge is 0.506 e. The van der Waals surface area contributed by atoms with E-state index >= 15 is 0 Å². The maximum atomic E-state index is 10.5. The van der Waals surface area contributed by atoms with Gasteiger partial charge < -0.3 is 20.1 Å². The Bertz CT molecular complexity index is 300. The van der Waals surface area contributed by atoms with Crippen LogP contribution in [0.5, 0.6) is 5.75 Å². The predicted octanol–water partition coefficient (Wildman–Crippen LogP) is 0.0119. The smallest absolute Gasteiger partial charge is 0.139 e. The molecule has 1 rings (SSSR count). The molecule has 0 spiro atoms. The summed E-state index contributed by atoms with van der Waals surface area (Å²) in [5.41, 5.74) is 0. The number of carbonyl (C=O) groups excluding carboxylic acids is 1. The first kappa shape index (κ1) is 11.5. The van der Waals surface area contributed by atoms with Crippen molar-refractivity contribution in [3.05, 3.63) is 18.3 Å². The van der Waals surface area contributed by atoms with Crippen LogP contribution in [0.15, 0.2) is 18.3 Å². The number of aromatic nitrogens is 1. The monoisotopic (exact) mass is 209 g/mol. The summed E-state index contributed by atoms with van der Waals surface area (Å²) in [5.74, 6) is 0.813. The summed E-state index contributed by atoms with van der Waals surface area (Å²) >= 11 is 0. The Morgan fingerprint density at radius 1 is 1.60 bits per heavy atom. The molecule has 82 valence electrons. The Labute approximate surface area is 88.7 Å². The van der Waals surface area contributed by atoms with E-state index in [1.807, 2.05) is 11.9 Å². The zero-order valence-electron chi connectivity index (χ0n) is 8.68. The van der Waals surface area contributed by atoms with Crippen molar-refractivity contribution in [3.63, 3.8) is 0 Å². The first-order valence-electron chi connectivity index (χ1n) is 4.76. The van der Waals surface area contributed by atoms with Gasteiger partial charge in [0.1, 0.15) is 17.9 Å². The number of aromatic hydroxyl groups is 1. The SMILES string of the molecule is CNCCN(CC=O)c1ccc(O)cn1. The maximum absolute atomic E-state index is 10.5. The third-order valence-corrected chi connectivity index (χ3v) is 1.98. The maximum Gasteiger partial charge on any atom is 0.139 e. The number of carbonyl (C=O) groups is 1. The highest BCUT2D eigenvalue weighted by atomic mass is 16.3. The number of nitrogens with one attached hydrogen (secondary N) is 1. The summed E-state index contributed by atoms with van der Waals surface area (Å²) in [6.07, 6.45) is 2.21. The highest BCUT2D eigenvalue weighted by Gasteiger charge is 2.05. The lowest BCUT2D eigenvalue weighted by molar-refractivity contribution is -0.106. The summed E-state index contributed by atoms with van der Waals surface area (Å²) in [5, 5.41) is 12.1. The van der Waals surface area contributed by atoms with E-state index < -0.39 is 0 Å². The molecule has 0 saturated heterocycles. The molecule has 0 bridgehead atoms. The molecule has 0 amide bonds. The Balaban J connectivity index is 2.69. The zero-order chi connectivity index (χ0) is 11.1. The normalized spacial score (nSPS) is 9.93. The molecule has 0 fully saturated rings. The van der Waals surface area contributed by atoms with Gasteiger partial charge in [-0.2, -0.15) is 0 Å². The van der Waals surface area contributed by atoms with Crippen LogP contribution < -0.4 is 10.2 Å². The lowest BCUT2D eigenvalue weighted by Gasteiger charge is -2.20. The van der Waals surface area contributed by atoms with Crippen molar-refractivity contribution in [2.45, 2.75) is 0 Å². The molecule has 1 aromatic rings. The number of hydrogen-bond acceptors (Lipinski definition) is 5. The van der Waals surface area contributed by atoms with Gasteiger partial charge in [-0.25, -0.2) is 4.98 Å². The van der Waals surface area contributed by atoms with Gasteiger partial charge in [-0.15, -0.1) is 0 Å². The minimum absolute atomic E-state index is 0.124. The summed E-state index contributed by atoms with van der Waals surface area (Å²) in [6, 6.07) is 3.24. The average molecular weight is 209 g/mol. The minimum atomic E-state index is 0.124. The molecule has 0 unspecified atom stereocenters. The van der Waals surface area contributed by atoms with E-state index in [0.717, 1.165) is 12.8 Å². The molecular formula is C10H15N3O2. The summed E-state index contributed by atoms with van der Waals surface area (Å²) < 4.78 is 0. The van der Waals surface area contributed by atoms with E-state index in [1.165, 1.54) is 6.20 Å². The summed E-state index contributed by atoms with van der Waals surface area (Å²) in [6.45, 7) is 1.78. The van der Waals surface area contributed by atoms with Crippen molar-refractivity contribution in [1.82, 2.24) is 10.3 Å². The van der Waals surface area contributed by atoms with Gasteiger partial charge in [0, 0.05) is 13.1 Å². The Morgan fingerprint density at radius 2 is 2.40 bits per heavy atom. The number of rotatable bonds is 6. The second kappa shape index (κ2) is 5.98. The fraction of sp³-hybridized carbons (Fsp3) is 0.400. The molecule has 0 saturated carbocycles. The topological polar surface area (TPSA) is 65.5 Å². The lowest BCUT2D eigenvalue weighted by Crippen LogP contribution is -2.32. The molecule has 5 nitrogen and oxygen atoms in total. The van der Waals surface area contributed by atoms with Crippen molar-refractivity contribution < 1.29 is 9.90 Å². The van der Waals surface area contributed by atoms with E-state index in [1.54, 1.807) is 12.1 Å². The minimum Gasteiger partial charge on any atom is -0.506 e. The first-order valence-corrected chi connectivity index (χ1v) is 4.76. The highest BCUT2D eigenvalue weighted by Crippen LogP contribution is 2.13. The molecule has 0 aromatic carbocycles. The average Bonchev–Trinajstić information content (AvgIpc) is 2.25. The van der Waals surface area contributed by atoms with Crippen molar-refractivity contribution in [1.29, 1.82) is 0 Å². The lowest BCUT2D eigenvalue weighted by atomic mass is 10.4. The van der Waals surface area contributed by atoms with Crippen LogP contribution in [-0.2, 0) is 4.79 Å². The second-order valence-corrected chi connectivity index (χ2v) is 3.09. The molecule has 1 heterocycles. The van der Waals surface area contributed by atoms with E-state index in [-0.39, 0.29) is 5.75 Å². The first-order chi connectivity index (χ1) is 7.27. The van der Waals surface area contributed by atoms with Crippen LogP contribution in [0.1, 0.15) is 0 Å². The van der Waals surface area contributed by atoms with Crippen molar-refractivity contribution in [2.24, 2.45) is 0 Å². The zero-order valence-corrected chi connectivity index (χ0v) is 8.68. The second-order valence-electron chi connectivity index (χ2n) is 3.09. The fourth-order valence-electron chi connectivity index (χ4n) is 1.20. The number of anilines is 1. The van der Waals surface area contributed by atoms with Gasteiger partial charge in [-0.3, -0.25) is 0 Å². The highest BCUT2D eigenvalue weighted by molar-refractivity contribution is 5.59. The van der Waals surface area contributed by atoms with Crippen LogP contribution in [0.3, 0.4) is 0 Å². The Kier molecular flexibility index (Phi) is 4.56. The van der Waals surface area contributed by atoms with Crippen LogP contribution in [0.25, 0.3) is 0 Å². The van der Waals surface area contributed by atoms with Gasteiger partial charge in [0.2, 0.25) is 0 Å². The fourth-order valence-corrected chi connectivity index (χ4v) is 1.20. The van der Waals surface area contributed by atoms with Gasteiger partial charge in [-0.05, 0) is 19.2 Å². The molecule has 5 heteroatoms. The third-order valence-electron chi connectivity index (χ3n) is 1.98. The van der Waals surface area contributed by atoms with Crippen molar-refractivity contribution in [3.8, 4) is 5.75 Å². The van der Waals surface area contributed by atoms with Crippen LogP contribution in [0.4, 0.5) is 5.82 Å². The van der Waals surface area contributed by atoms with Crippen LogP contribution in [-0.4, -0.2) is 43.1 Å². The Hall–Kier alpha value is -1.62. The summed E-state index contributed by atoms with van der Waals surface area (Å²) in [4.78, 5) is 16.4. The molecule has 15 heavy (non-hydrogen) atoms. The standard InChI is InChI=1S/C10H15N3O2/c1-11-4-5-13(6-7-14)10-3-2-9(15)8-12-10/h2-3,7-8,11,15H,4-6H2,1H3. The van der Waals surface area contributed by atoms with E-state index in [9.17, 15) is 4.79 Å². The van der Waals surface area contributed by atoms with Gasteiger partial charge in [-0.1, -0.05) is 0 Å². The summed E-state index contributed by atoms with van der Waals surface area (Å²) in [7, 11) is 1.85. The molecule has 2 N–H and O–H groups in total. The molecule has 0 atom stereocenters. The van der Waals surface area contributed by atoms with E-state index in [2.05, 4.69) is 10.3 Å². The molecule has 0 aliphatic carbocycles. The van der Waals surface area contributed by atoms with Crippen LogP contribution in [0, 0.1) is 0 Å². The number of pyridine rings is 1. The number of nitrogens with zero attached hydrogens (tertiary/aromatic N) is 2. The molecule has 0 aliphatic rings. The van der Waals surface area contributed by atoms with Crippen LogP contribution >= 0.6 is 0 Å². The quantitative estimate of drug-likeness (QED) is 0.646. The van der Waals surface area contributed by atoms with Gasteiger partial charge in [0.25, 0.3) is 0 Å². The predicted molar refractivity (Wildman–Crippen MR) is 58.1 cm³/mol. The third kappa shape index (κ3) is 3.55. The van der Waals surface area contributed by atoms with E-state index in [4.69, 9.17) is 5.11 Å². The molecular weight excluding hydrogens is 194 g/mol. The van der Waals surface area contributed by atoms with Crippen molar-refractivity contribution >= 4 is 12.1 Å². The van der Waals surface area contributed by atoms with Gasteiger partial charge in [0.15, 0.2) is 0 Å². The molecule has 1 aromatic heterocycles. The number of likely N-dealkylation sites (N-methyl/N-ethyl adjacent to an activating group) is 1. The Morgan fingerprint density at radius 3 is 2.93 bits per heavy atom. The van der Waals surface area contributed by atoms with Crippen molar-refractivity contribution in [2.75, 3.05) is 31.6 Å². The molecule has 0 radical (unpaired) electrons. The molecule has 0 aliphatic heterocycles.